The Morgan fingerprint density at radius 2 is 2.00 bits per heavy atom. The van der Waals surface area contributed by atoms with Crippen LogP contribution >= 0.6 is 11.9 Å². The van der Waals surface area contributed by atoms with Gasteiger partial charge >= 0.3 is 0 Å². The summed E-state index contributed by atoms with van der Waals surface area (Å²) in [5.74, 6) is -1.14. The third kappa shape index (κ3) is 2.04. The van der Waals surface area contributed by atoms with Crippen molar-refractivity contribution in [1.82, 2.24) is 9.62 Å². The number of Topliss-reactive ketones (excluding diaryl/α,β-unsaturated/α-hetero) is 1. The first-order chi connectivity index (χ1) is 10.6. The zero-order valence-corrected chi connectivity index (χ0v) is 13.0. The molecule has 1 aromatic rings. The molecule has 1 aromatic carbocycles. The van der Waals surface area contributed by atoms with Crippen LogP contribution in [0.5, 0.6) is 0 Å². The lowest BCUT2D eigenvalue weighted by molar-refractivity contribution is -0.119. The summed E-state index contributed by atoms with van der Waals surface area (Å²) < 4.78 is 2.64. The van der Waals surface area contributed by atoms with Gasteiger partial charge in [-0.15, -0.1) is 0 Å². The SMILES string of the molecule is CN1CCN(c2cccc3c2C(=O)C2C(=O)NSC2=N3)CC1. The molecule has 0 bridgehead atoms. The van der Waals surface area contributed by atoms with Crippen LogP contribution in [-0.2, 0) is 4.79 Å². The fourth-order valence-corrected chi connectivity index (χ4v) is 3.90. The van der Waals surface area contributed by atoms with Crippen LogP contribution in [0.4, 0.5) is 11.4 Å². The van der Waals surface area contributed by atoms with Gasteiger partial charge in [-0.2, -0.15) is 0 Å². The average molecular weight is 316 g/mol. The predicted molar refractivity (Wildman–Crippen MR) is 86.8 cm³/mol. The molecule has 114 valence electrons. The first kappa shape index (κ1) is 13.8. The van der Waals surface area contributed by atoms with E-state index >= 15 is 0 Å². The van der Waals surface area contributed by atoms with Crippen molar-refractivity contribution in [2.75, 3.05) is 38.1 Å². The summed E-state index contributed by atoms with van der Waals surface area (Å²) >= 11 is 1.15. The molecule has 2 saturated heterocycles. The molecule has 3 heterocycles. The molecule has 6 nitrogen and oxygen atoms in total. The zero-order chi connectivity index (χ0) is 15.3. The van der Waals surface area contributed by atoms with Gasteiger partial charge in [-0.1, -0.05) is 6.07 Å². The zero-order valence-electron chi connectivity index (χ0n) is 12.2. The summed E-state index contributed by atoms with van der Waals surface area (Å²) in [7, 11) is 2.10. The maximum absolute atomic E-state index is 12.8. The third-order valence-electron chi connectivity index (χ3n) is 4.37. The lowest BCUT2D eigenvalue weighted by atomic mass is 9.92. The van der Waals surface area contributed by atoms with Gasteiger partial charge in [-0.3, -0.25) is 14.3 Å². The van der Waals surface area contributed by atoms with Crippen LogP contribution in [0.25, 0.3) is 0 Å². The second-order valence-electron chi connectivity index (χ2n) is 5.78. The Morgan fingerprint density at radius 1 is 1.23 bits per heavy atom. The van der Waals surface area contributed by atoms with E-state index in [1.54, 1.807) is 0 Å². The highest BCUT2D eigenvalue weighted by Crippen LogP contribution is 2.39. The fourth-order valence-electron chi connectivity index (χ4n) is 3.10. The van der Waals surface area contributed by atoms with Crippen LogP contribution < -0.4 is 9.62 Å². The van der Waals surface area contributed by atoms with Crippen molar-refractivity contribution in [2.24, 2.45) is 10.9 Å². The van der Waals surface area contributed by atoms with Crippen LogP contribution in [0.15, 0.2) is 23.2 Å². The number of rotatable bonds is 1. The van der Waals surface area contributed by atoms with Crippen molar-refractivity contribution in [1.29, 1.82) is 0 Å². The van der Waals surface area contributed by atoms with Gasteiger partial charge in [-0.05, 0) is 19.2 Å². The van der Waals surface area contributed by atoms with E-state index in [0.29, 0.717) is 16.3 Å². The Labute approximate surface area is 132 Å². The van der Waals surface area contributed by atoms with Crippen molar-refractivity contribution < 1.29 is 9.59 Å². The van der Waals surface area contributed by atoms with Gasteiger partial charge in [0.1, 0.15) is 5.04 Å². The highest BCUT2D eigenvalue weighted by molar-refractivity contribution is 8.13. The van der Waals surface area contributed by atoms with Gasteiger partial charge in [-0.25, -0.2) is 4.99 Å². The first-order valence-electron chi connectivity index (χ1n) is 7.31. The molecule has 4 rings (SSSR count). The Bertz CT molecular complexity index is 695. The molecule has 3 aliphatic rings. The number of aliphatic imine (C=N–C) groups is 1. The lowest BCUT2D eigenvalue weighted by Gasteiger charge is -2.35. The molecular formula is C15H16N4O2S. The molecule has 1 N–H and O–H groups in total. The van der Waals surface area contributed by atoms with E-state index in [1.807, 2.05) is 18.2 Å². The van der Waals surface area contributed by atoms with Gasteiger partial charge in [0, 0.05) is 43.8 Å². The smallest absolute Gasteiger partial charge is 0.247 e. The summed E-state index contributed by atoms with van der Waals surface area (Å²) in [6.45, 7) is 3.68. The summed E-state index contributed by atoms with van der Waals surface area (Å²) in [5, 5.41) is 0.568. The molecule has 0 aliphatic carbocycles. The van der Waals surface area contributed by atoms with E-state index in [1.165, 1.54) is 0 Å². The minimum absolute atomic E-state index is 0.128. The standard InChI is InChI=1S/C15H16N4O2S/c1-18-5-7-19(8-6-18)10-4-2-3-9-11(10)13(20)12-14(21)17-22-15(12)16-9/h2-4,12H,5-8H2,1H3,(H,17,21). The number of hydrogen-bond acceptors (Lipinski definition) is 6. The Morgan fingerprint density at radius 3 is 2.77 bits per heavy atom. The summed E-state index contributed by atoms with van der Waals surface area (Å²) in [6.07, 6.45) is 0. The second-order valence-corrected chi connectivity index (χ2v) is 6.60. The molecule has 7 heteroatoms. The molecule has 3 aliphatic heterocycles. The number of hydrogen-bond donors (Lipinski definition) is 1. The summed E-state index contributed by atoms with van der Waals surface area (Å²) in [6, 6.07) is 5.74. The van der Waals surface area contributed by atoms with Crippen molar-refractivity contribution in [3.63, 3.8) is 0 Å². The van der Waals surface area contributed by atoms with E-state index < -0.39 is 5.92 Å². The minimum atomic E-state index is -0.758. The van der Waals surface area contributed by atoms with E-state index in [-0.39, 0.29) is 11.7 Å². The number of amides is 1. The highest BCUT2D eigenvalue weighted by Gasteiger charge is 2.43. The van der Waals surface area contributed by atoms with Crippen LogP contribution in [0, 0.1) is 5.92 Å². The number of benzene rings is 1. The monoisotopic (exact) mass is 316 g/mol. The molecule has 0 saturated carbocycles. The van der Waals surface area contributed by atoms with Crippen LogP contribution in [0.2, 0.25) is 0 Å². The molecule has 0 radical (unpaired) electrons. The molecule has 1 unspecified atom stereocenters. The lowest BCUT2D eigenvalue weighted by Crippen LogP contribution is -2.45. The largest absolute Gasteiger partial charge is 0.368 e. The van der Waals surface area contributed by atoms with Crippen molar-refractivity contribution >= 4 is 40.1 Å². The van der Waals surface area contributed by atoms with Crippen molar-refractivity contribution in [3.8, 4) is 0 Å². The van der Waals surface area contributed by atoms with Gasteiger partial charge < -0.3 is 9.80 Å². The minimum Gasteiger partial charge on any atom is -0.368 e. The van der Waals surface area contributed by atoms with E-state index in [0.717, 1.165) is 43.8 Å². The fraction of sp³-hybridized carbons (Fsp3) is 0.400. The maximum Gasteiger partial charge on any atom is 0.247 e. The first-order valence-corrected chi connectivity index (χ1v) is 8.13. The van der Waals surface area contributed by atoms with Crippen LogP contribution in [0.1, 0.15) is 10.4 Å². The van der Waals surface area contributed by atoms with Crippen LogP contribution in [-0.4, -0.2) is 54.9 Å². The van der Waals surface area contributed by atoms with E-state index in [9.17, 15) is 9.59 Å². The Kier molecular flexibility index (Phi) is 3.19. The average Bonchev–Trinajstić information content (AvgIpc) is 2.89. The molecule has 1 amide bonds. The quantitative estimate of drug-likeness (QED) is 0.620. The normalized spacial score (nSPS) is 24.7. The van der Waals surface area contributed by atoms with Crippen molar-refractivity contribution in [3.05, 3.63) is 23.8 Å². The number of nitrogens with zero attached hydrogens (tertiary/aromatic N) is 3. The van der Waals surface area contributed by atoms with Gasteiger partial charge in [0.15, 0.2) is 11.7 Å². The number of nitrogens with one attached hydrogen (secondary N) is 1. The van der Waals surface area contributed by atoms with E-state index in [4.69, 9.17) is 0 Å². The van der Waals surface area contributed by atoms with Crippen LogP contribution in [0.3, 0.4) is 0 Å². The second kappa shape index (κ2) is 5.10. The molecule has 22 heavy (non-hydrogen) atoms. The van der Waals surface area contributed by atoms with Gasteiger partial charge in [0.05, 0.1) is 11.3 Å². The molecule has 0 spiro atoms. The molecule has 0 aromatic heterocycles. The summed E-state index contributed by atoms with van der Waals surface area (Å²) in [5.41, 5.74) is 2.18. The highest BCUT2D eigenvalue weighted by atomic mass is 32.2. The molecular weight excluding hydrogens is 300 g/mol. The number of carbonyl (C=O) groups is 2. The number of fused-ring (bicyclic) bond motifs is 2. The van der Waals surface area contributed by atoms with Gasteiger partial charge in [0.2, 0.25) is 5.91 Å². The number of likely N-dealkylation sites (N-methyl/N-ethyl adjacent to an activating group) is 1. The number of ketones is 1. The number of anilines is 1. The topological polar surface area (TPSA) is 65.0 Å². The van der Waals surface area contributed by atoms with Crippen molar-refractivity contribution in [2.45, 2.75) is 0 Å². The predicted octanol–water partition coefficient (Wildman–Crippen LogP) is 1.06. The van der Waals surface area contributed by atoms with Gasteiger partial charge in [0.25, 0.3) is 0 Å². The Balaban J connectivity index is 1.77. The third-order valence-corrected chi connectivity index (χ3v) is 5.21. The Hall–Kier alpha value is -1.86. The van der Waals surface area contributed by atoms with E-state index in [2.05, 4.69) is 26.6 Å². The molecule has 1 atom stereocenters. The number of piperazine rings is 1. The molecule has 2 fully saturated rings. The summed E-state index contributed by atoms with van der Waals surface area (Å²) in [4.78, 5) is 33.8. The number of carbonyl (C=O) groups excluding carboxylic acids is 2. The maximum atomic E-state index is 12.8.